The van der Waals surface area contributed by atoms with Crippen molar-refractivity contribution >= 4 is 23.1 Å². The third-order valence-electron chi connectivity index (χ3n) is 4.02. The number of carbonyl (C=O) groups excluding carboxylic acids is 1. The number of nitrogens with one attached hydrogen (secondary N) is 1. The quantitative estimate of drug-likeness (QED) is 0.603. The Morgan fingerprint density at radius 3 is 2.76 bits per heavy atom. The van der Waals surface area contributed by atoms with Crippen LogP contribution in [0.5, 0.6) is 0 Å². The average molecular weight is 332 g/mol. The molecule has 3 N–H and O–H groups in total. The molecule has 4 aromatic rings. The van der Waals surface area contributed by atoms with E-state index in [0.717, 1.165) is 11.3 Å². The van der Waals surface area contributed by atoms with Crippen LogP contribution in [-0.2, 0) is 0 Å². The Hall–Kier alpha value is -3.61. The maximum Gasteiger partial charge on any atom is 0.262 e. The Balaban J connectivity index is 1.72. The highest BCUT2D eigenvalue weighted by Crippen LogP contribution is 2.22. The fraction of sp³-hybridized carbons (Fsp3) is 0.0556. The number of carbonyl (C=O) groups is 1. The van der Waals surface area contributed by atoms with Gasteiger partial charge >= 0.3 is 0 Å². The molecule has 3 heterocycles. The molecule has 0 bridgehead atoms. The Labute approximate surface area is 143 Å². The van der Waals surface area contributed by atoms with Gasteiger partial charge in [0.05, 0.1) is 17.4 Å². The molecule has 0 spiro atoms. The summed E-state index contributed by atoms with van der Waals surface area (Å²) in [6.45, 7) is 1.99. The lowest BCUT2D eigenvalue weighted by atomic mass is 10.2. The van der Waals surface area contributed by atoms with Gasteiger partial charge < -0.3 is 11.1 Å². The number of aromatic nitrogens is 4. The van der Waals surface area contributed by atoms with Crippen molar-refractivity contribution in [2.75, 3.05) is 11.1 Å². The van der Waals surface area contributed by atoms with Crippen LogP contribution in [0.1, 0.15) is 15.9 Å². The van der Waals surface area contributed by atoms with E-state index in [1.807, 2.05) is 43.3 Å². The van der Waals surface area contributed by atoms with E-state index in [1.165, 1.54) is 0 Å². The first-order chi connectivity index (χ1) is 12.1. The minimum Gasteiger partial charge on any atom is -0.382 e. The molecule has 0 aliphatic rings. The summed E-state index contributed by atoms with van der Waals surface area (Å²) in [6.07, 6.45) is 3.39. The first kappa shape index (κ1) is 14.9. The molecule has 0 radical (unpaired) electrons. The number of nitrogen functional groups attached to an aromatic ring is 1. The van der Waals surface area contributed by atoms with Crippen LogP contribution in [0, 0.1) is 6.92 Å². The zero-order chi connectivity index (χ0) is 17.4. The molecule has 124 valence electrons. The van der Waals surface area contributed by atoms with Gasteiger partial charge in [-0.3, -0.25) is 4.79 Å². The highest BCUT2D eigenvalue weighted by atomic mass is 16.1. The smallest absolute Gasteiger partial charge is 0.262 e. The third kappa shape index (κ3) is 2.51. The number of fused-ring (bicyclic) bond motifs is 1. The van der Waals surface area contributed by atoms with Crippen molar-refractivity contribution in [3.63, 3.8) is 0 Å². The molecule has 7 heteroatoms. The molecule has 0 saturated heterocycles. The lowest BCUT2D eigenvalue weighted by molar-refractivity contribution is 0.102. The number of amides is 1. The SMILES string of the molecule is Cc1ccccc1-n1nccc1NC(=O)c1c(N)nn2ccccc12. The first-order valence-electron chi connectivity index (χ1n) is 7.79. The van der Waals surface area contributed by atoms with Gasteiger partial charge in [-0.1, -0.05) is 24.3 Å². The van der Waals surface area contributed by atoms with Crippen molar-refractivity contribution in [2.24, 2.45) is 0 Å². The summed E-state index contributed by atoms with van der Waals surface area (Å²) in [5, 5.41) is 11.4. The van der Waals surface area contributed by atoms with Gasteiger partial charge in [-0.05, 0) is 30.7 Å². The van der Waals surface area contributed by atoms with Gasteiger partial charge in [0.1, 0.15) is 11.4 Å². The molecule has 0 unspecified atom stereocenters. The fourth-order valence-electron chi connectivity index (χ4n) is 2.82. The summed E-state index contributed by atoms with van der Waals surface area (Å²) in [5.74, 6) is 0.425. The largest absolute Gasteiger partial charge is 0.382 e. The normalized spacial score (nSPS) is 10.9. The third-order valence-corrected chi connectivity index (χ3v) is 4.02. The molecule has 25 heavy (non-hydrogen) atoms. The van der Waals surface area contributed by atoms with Crippen molar-refractivity contribution in [1.29, 1.82) is 0 Å². The zero-order valence-corrected chi connectivity index (χ0v) is 13.5. The number of para-hydroxylation sites is 1. The van der Waals surface area contributed by atoms with E-state index in [4.69, 9.17) is 5.73 Å². The molecule has 0 aliphatic heterocycles. The van der Waals surface area contributed by atoms with Crippen LogP contribution >= 0.6 is 0 Å². The maximum absolute atomic E-state index is 12.8. The van der Waals surface area contributed by atoms with E-state index < -0.39 is 0 Å². The second-order valence-electron chi connectivity index (χ2n) is 5.66. The molecular weight excluding hydrogens is 316 g/mol. The standard InChI is InChI=1S/C18H16N6O/c1-12-6-2-3-7-13(12)24-15(9-10-20-24)21-18(25)16-14-8-4-5-11-23(14)22-17(16)19/h2-11H,1H3,(H2,19,22)(H,21,25). The average Bonchev–Trinajstić information content (AvgIpc) is 3.18. The number of benzene rings is 1. The van der Waals surface area contributed by atoms with Crippen LogP contribution in [0.2, 0.25) is 0 Å². The summed E-state index contributed by atoms with van der Waals surface area (Å²) >= 11 is 0. The van der Waals surface area contributed by atoms with Crippen molar-refractivity contribution in [3.05, 3.63) is 72.1 Å². The van der Waals surface area contributed by atoms with E-state index in [1.54, 1.807) is 33.7 Å². The van der Waals surface area contributed by atoms with Crippen molar-refractivity contribution in [2.45, 2.75) is 6.92 Å². The minimum atomic E-state index is -0.325. The summed E-state index contributed by atoms with van der Waals surface area (Å²) in [5.41, 5.74) is 8.89. The Bertz CT molecular complexity index is 1080. The van der Waals surface area contributed by atoms with Gasteiger partial charge in [-0.15, -0.1) is 5.10 Å². The predicted octanol–water partition coefficient (Wildman–Crippen LogP) is 2.66. The second-order valence-corrected chi connectivity index (χ2v) is 5.66. The van der Waals surface area contributed by atoms with E-state index in [0.29, 0.717) is 16.9 Å². The minimum absolute atomic E-state index is 0.186. The topological polar surface area (TPSA) is 90.2 Å². The van der Waals surface area contributed by atoms with Crippen LogP contribution in [0.15, 0.2) is 60.9 Å². The van der Waals surface area contributed by atoms with Gasteiger partial charge in [0, 0.05) is 12.3 Å². The number of hydrogen-bond donors (Lipinski definition) is 2. The molecule has 0 aliphatic carbocycles. The molecule has 1 amide bonds. The highest BCUT2D eigenvalue weighted by Gasteiger charge is 2.19. The van der Waals surface area contributed by atoms with Crippen LogP contribution in [0.4, 0.5) is 11.6 Å². The van der Waals surface area contributed by atoms with Gasteiger partial charge in [-0.25, -0.2) is 9.20 Å². The van der Waals surface area contributed by atoms with Crippen LogP contribution in [-0.4, -0.2) is 25.3 Å². The predicted molar refractivity (Wildman–Crippen MR) is 95.9 cm³/mol. The van der Waals surface area contributed by atoms with Crippen LogP contribution < -0.4 is 11.1 Å². The van der Waals surface area contributed by atoms with E-state index in [-0.39, 0.29) is 11.7 Å². The molecule has 7 nitrogen and oxygen atoms in total. The van der Waals surface area contributed by atoms with E-state index in [2.05, 4.69) is 15.5 Å². The van der Waals surface area contributed by atoms with Crippen LogP contribution in [0.3, 0.4) is 0 Å². The van der Waals surface area contributed by atoms with Crippen LogP contribution in [0.25, 0.3) is 11.2 Å². The molecule has 0 fully saturated rings. The number of nitrogens with two attached hydrogens (primary N) is 1. The monoisotopic (exact) mass is 332 g/mol. The van der Waals surface area contributed by atoms with Crippen molar-refractivity contribution in [3.8, 4) is 5.69 Å². The molecule has 1 aromatic carbocycles. The number of hydrogen-bond acceptors (Lipinski definition) is 4. The number of pyridine rings is 1. The van der Waals surface area contributed by atoms with E-state index >= 15 is 0 Å². The van der Waals surface area contributed by atoms with E-state index in [9.17, 15) is 4.79 Å². The van der Waals surface area contributed by atoms with Gasteiger partial charge in [0.15, 0.2) is 5.82 Å². The first-order valence-corrected chi connectivity index (χ1v) is 7.79. The molecule has 3 aromatic heterocycles. The lowest BCUT2D eigenvalue weighted by Crippen LogP contribution is -2.16. The Morgan fingerprint density at radius 1 is 1.12 bits per heavy atom. The zero-order valence-electron chi connectivity index (χ0n) is 13.5. The second kappa shape index (κ2) is 5.79. The summed E-state index contributed by atoms with van der Waals surface area (Å²) in [6, 6.07) is 15.0. The summed E-state index contributed by atoms with van der Waals surface area (Å²) in [4.78, 5) is 12.8. The Kier molecular flexibility index (Phi) is 3.46. The number of nitrogens with zero attached hydrogens (tertiary/aromatic N) is 4. The molecular formula is C18H16N6O. The number of anilines is 2. The fourth-order valence-corrected chi connectivity index (χ4v) is 2.82. The number of aryl methyl sites for hydroxylation is 1. The van der Waals surface area contributed by atoms with Gasteiger partial charge in [0.2, 0.25) is 0 Å². The number of rotatable bonds is 3. The maximum atomic E-state index is 12.8. The van der Waals surface area contributed by atoms with Gasteiger partial charge in [0.25, 0.3) is 5.91 Å². The van der Waals surface area contributed by atoms with Crippen molar-refractivity contribution in [1.82, 2.24) is 19.4 Å². The Morgan fingerprint density at radius 2 is 1.92 bits per heavy atom. The van der Waals surface area contributed by atoms with Crippen molar-refractivity contribution < 1.29 is 4.79 Å². The molecule has 4 rings (SSSR count). The summed E-state index contributed by atoms with van der Waals surface area (Å²) in [7, 11) is 0. The lowest BCUT2D eigenvalue weighted by Gasteiger charge is -2.11. The molecule has 0 saturated carbocycles. The molecule has 0 atom stereocenters. The highest BCUT2D eigenvalue weighted by molar-refractivity contribution is 6.12. The summed E-state index contributed by atoms with van der Waals surface area (Å²) < 4.78 is 3.28. The van der Waals surface area contributed by atoms with Gasteiger partial charge in [-0.2, -0.15) is 5.10 Å².